The number of hydrogen-bond acceptors (Lipinski definition) is 6. The van der Waals surface area contributed by atoms with Gasteiger partial charge in [-0.15, -0.1) is 0 Å². The Morgan fingerprint density at radius 1 is 1.10 bits per heavy atom. The highest BCUT2D eigenvalue weighted by Crippen LogP contribution is 2.69. The molecular formula is C23H30O6. The Bertz CT molecular complexity index is 880. The first-order chi connectivity index (χ1) is 13.4. The second kappa shape index (κ2) is 5.38. The monoisotopic (exact) mass is 402 g/mol. The lowest BCUT2D eigenvalue weighted by atomic mass is 9.46. The van der Waals surface area contributed by atoms with Crippen LogP contribution in [0, 0.1) is 40.4 Å². The molecule has 0 unspecified atom stereocenters. The molecule has 0 aromatic heterocycles. The lowest BCUT2D eigenvalue weighted by Gasteiger charge is -2.55. The van der Waals surface area contributed by atoms with E-state index in [1.807, 2.05) is 13.8 Å². The van der Waals surface area contributed by atoms with Gasteiger partial charge in [-0.1, -0.05) is 34.1 Å². The fourth-order valence-corrected chi connectivity index (χ4v) is 7.91. The Balaban J connectivity index is 1.83. The van der Waals surface area contributed by atoms with Gasteiger partial charge in [0.1, 0.15) is 23.5 Å². The van der Waals surface area contributed by atoms with E-state index in [0.717, 1.165) is 12.8 Å². The first-order valence-corrected chi connectivity index (χ1v) is 10.8. The molecule has 4 bridgehead atoms. The normalized spacial score (nSPS) is 50.0. The van der Waals surface area contributed by atoms with Crippen LogP contribution in [0.4, 0.5) is 0 Å². The number of Topliss-reactive ketones (excluding diaryl/α,β-unsaturated/α-hetero) is 2. The maximum atomic E-state index is 13.8. The summed E-state index contributed by atoms with van der Waals surface area (Å²) in [6.07, 6.45) is 0.253. The van der Waals surface area contributed by atoms with Gasteiger partial charge in [0.2, 0.25) is 0 Å². The summed E-state index contributed by atoms with van der Waals surface area (Å²) in [7, 11) is 0. The zero-order valence-electron chi connectivity index (χ0n) is 17.7. The molecule has 0 amide bonds. The van der Waals surface area contributed by atoms with Gasteiger partial charge in [-0.2, -0.15) is 0 Å². The first kappa shape index (κ1) is 19.4. The summed E-state index contributed by atoms with van der Waals surface area (Å²) in [6, 6.07) is 0. The number of carbonyl (C=O) groups is 3. The molecule has 1 saturated heterocycles. The number of ether oxygens (including phenoxy) is 1. The van der Waals surface area contributed by atoms with Crippen molar-refractivity contribution >= 4 is 17.5 Å². The summed E-state index contributed by atoms with van der Waals surface area (Å²) < 4.78 is 5.76. The van der Waals surface area contributed by atoms with Gasteiger partial charge in [0.05, 0.1) is 5.60 Å². The number of esters is 1. The second-order valence-electron chi connectivity index (χ2n) is 11.1. The average Bonchev–Trinajstić information content (AvgIpc) is 2.92. The van der Waals surface area contributed by atoms with Crippen molar-refractivity contribution in [3.05, 3.63) is 11.1 Å². The number of rotatable bonds is 1. The SMILES string of the molecule is CC(C)[C@@H]1C(=O)[C@H]2C(=O)C3=C([C@H](O)[C@H]4OC(=O)[C@@]35CCCC(C)(C)[C@H]45)[C@@H]1[C@@]2(C)O. The van der Waals surface area contributed by atoms with Gasteiger partial charge >= 0.3 is 5.97 Å². The molecule has 0 aromatic carbocycles. The van der Waals surface area contributed by atoms with Crippen LogP contribution in [0.25, 0.3) is 0 Å². The van der Waals surface area contributed by atoms with E-state index in [4.69, 9.17) is 4.74 Å². The number of ketones is 2. The van der Waals surface area contributed by atoms with Gasteiger partial charge in [0.25, 0.3) is 0 Å². The zero-order valence-corrected chi connectivity index (χ0v) is 17.7. The molecule has 3 fully saturated rings. The molecule has 8 atom stereocenters. The van der Waals surface area contributed by atoms with E-state index in [9.17, 15) is 24.6 Å². The molecule has 1 aliphatic heterocycles. The fraction of sp³-hybridized carbons (Fsp3) is 0.783. The van der Waals surface area contributed by atoms with Crippen LogP contribution in [0.2, 0.25) is 0 Å². The predicted octanol–water partition coefficient (Wildman–Crippen LogP) is 1.82. The molecule has 2 N–H and O–H groups in total. The molecule has 29 heavy (non-hydrogen) atoms. The summed E-state index contributed by atoms with van der Waals surface area (Å²) in [5.41, 5.74) is -2.23. The Labute approximate surface area is 170 Å². The minimum atomic E-state index is -1.56. The largest absolute Gasteiger partial charge is 0.458 e. The summed E-state index contributed by atoms with van der Waals surface area (Å²) in [4.78, 5) is 40.3. The predicted molar refractivity (Wildman–Crippen MR) is 102 cm³/mol. The van der Waals surface area contributed by atoms with Gasteiger partial charge in [0.15, 0.2) is 11.6 Å². The van der Waals surface area contributed by atoms with Crippen LogP contribution in [-0.4, -0.2) is 45.6 Å². The van der Waals surface area contributed by atoms with Crippen molar-refractivity contribution in [2.24, 2.45) is 40.4 Å². The third kappa shape index (κ3) is 1.94. The molecule has 2 saturated carbocycles. The van der Waals surface area contributed by atoms with Crippen LogP contribution in [0.3, 0.4) is 0 Å². The number of fused-ring (bicyclic) bond motifs is 3. The van der Waals surface area contributed by atoms with Gasteiger partial charge < -0.3 is 14.9 Å². The van der Waals surface area contributed by atoms with Crippen molar-refractivity contribution in [1.29, 1.82) is 0 Å². The minimum absolute atomic E-state index is 0.0943. The number of carbonyl (C=O) groups excluding carboxylic acids is 3. The molecule has 6 heteroatoms. The lowest BCUT2D eigenvalue weighted by Crippen LogP contribution is -2.61. The lowest BCUT2D eigenvalue weighted by molar-refractivity contribution is -0.150. The van der Waals surface area contributed by atoms with E-state index in [1.54, 1.807) is 0 Å². The highest BCUT2D eigenvalue weighted by molar-refractivity contribution is 6.19. The topological polar surface area (TPSA) is 101 Å². The highest BCUT2D eigenvalue weighted by atomic mass is 16.6. The summed E-state index contributed by atoms with van der Waals surface area (Å²) in [5, 5.41) is 22.8. The molecule has 6 nitrogen and oxygen atoms in total. The molecular weight excluding hydrogens is 372 g/mol. The maximum Gasteiger partial charge on any atom is 0.317 e. The van der Waals surface area contributed by atoms with E-state index < -0.39 is 52.7 Å². The van der Waals surface area contributed by atoms with Gasteiger partial charge in [-0.3, -0.25) is 14.4 Å². The van der Waals surface area contributed by atoms with Crippen molar-refractivity contribution in [2.75, 3.05) is 0 Å². The summed E-state index contributed by atoms with van der Waals surface area (Å²) in [5.74, 6) is -3.94. The van der Waals surface area contributed by atoms with Crippen LogP contribution in [0.1, 0.15) is 53.9 Å². The Hall–Kier alpha value is -1.53. The van der Waals surface area contributed by atoms with E-state index in [0.29, 0.717) is 17.6 Å². The van der Waals surface area contributed by atoms with Crippen LogP contribution >= 0.6 is 0 Å². The fourth-order valence-electron chi connectivity index (χ4n) is 7.91. The molecule has 5 aliphatic rings. The van der Waals surface area contributed by atoms with Gasteiger partial charge in [0, 0.05) is 23.3 Å². The third-order valence-electron chi connectivity index (χ3n) is 8.81. The van der Waals surface area contributed by atoms with E-state index in [1.165, 1.54) is 6.92 Å². The second-order valence-corrected chi connectivity index (χ2v) is 11.1. The molecule has 1 heterocycles. The zero-order chi connectivity index (χ0) is 21.3. The molecule has 0 aromatic rings. The standard InChI is InChI=1S/C23H30O6/c1-9(2)10-12-11-13(17(26)14(15(10)24)22(12,5)28)23-8-6-7-21(3,4)19(23)18(16(11)25)29-20(23)27/h9-10,12,14,16,18-19,25,28H,6-8H2,1-5H3/t10-,12+,14-,16-,18+,19-,22+,23-/m0/s1. The van der Waals surface area contributed by atoms with Crippen molar-refractivity contribution < 1.29 is 29.3 Å². The van der Waals surface area contributed by atoms with Gasteiger partial charge in [-0.05, 0) is 36.7 Å². The van der Waals surface area contributed by atoms with E-state index in [2.05, 4.69) is 13.8 Å². The van der Waals surface area contributed by atoms with Crippen LogP contribution in [0.5, 0.6) is 0 Å². The molecule has 4 aliphatic carbocycles. The maximum absolute atomic E-state index is 13.8. The minimum Gasteiger partial charge on any atom is -0.458 e. The molecule has 0 radical (unpaired) electrons. The van der Waals surface area contributed by atoms with E-state index in [-0.39, 0.29) is 23.0 Å². The molecule has 5 rings (SSSR count). The molecule has 0 spiro atoms. The Morgan fingerprint density at radius 3 is 2.38 bits per heavy atom. The summed E-state index contributed by atoms with van der Waals surface area (Å²) in [6.45, 7) is 9.48. The summed E-state index contributed by atoms with van der Waals surface area (Å²) >= 11 is 0. The Morgan fingerprint density at radius 2 is 1.76 bits per heavy atom. The van der Waals surface area contributed by atoms with Crippen molar-refractivity contribution in [2.45, 2.75) is 71.7 Å². The highest BCUT2D eigenvalue weighted by Gasteiger charge is 2.76. The van der Waals surface area contributed by atoms with Crippen molar-refractivity contribution in [1.82, 2.24) is 0 Å². The smallest absolute Gasteiger partial charge is 0.317 e. The van der Waals surface area contributed by atoms with E-state index >= 15 is 0 Å². The van der Waals surface area contributed by atoms with Crippen molar-refractivity contribution in [3.63, 3.8) is 0 Å². The Kier molecular flexibility index (Phi) is 3.61. The van der Waals surface area contributed by atoms with Crippen LogP contribution in [0.15, 0.2) is 11.1 Å². The quantitative estimate of drug-likeness (QED) is 0.513. The van der Waals surface area contributed by atoms with Crippen molar-refractivity contribution in [3.8, 4) is 0 Å². The van der Waals surface area contributed by atoms with Crippen LogP contribution < -0.4 is 0 Å². The third-order valence-corrected chi connectivity index (χ3v) is 8.81. The van der Waals surface area contributed by atoms with Crippen LogP contribution in [-0.2, 0) is 19.1 Å². The first-order valence-electron chi connectivity index (χ1n) is 10.8. The number of hydrogen-bond donors (Lipinski definition) is 2. The number of aliphatic hydroxyl groups excluding tert-OH is 1. The average molecular weight is 402 g/mol. The van der Waals surface area contributed by atoms with Gasteiger partial charge in [-0.25, -0.2) is 0 Å². The number of aliphatic hydroxyl groups is 2. The molecule has 158 valence electrons.